The maximum atomic E-state index is 5.62. The summed E-state index contributed by atoms with van der Waals surface area (Å²) in [5, 5.41) is 7.22. The van der Waals surface area contributed by atoms with Crippen LogP contribution >= 0.6 is 0 Å². The van der Waals surface area contributed by atoms with Crippen LogP contribution in [0.4, 0.5) is 0 Å². The standard InChI is InChI=1S/C24H41N5O2/c1-25-23(26-18-21(28(2)3)20-10-6-7-11-22(20)30-4)27-19-24(12-8-5-9-13-24)29-14-16-31-17-15-29/h6-7,10-11,21H,5,8-9,12-19H2,1-4H3,(H2,25,26,27). The average molecular weight is 432 g/mol. The van der Waals surface area contributed by atoms with Crippen LogP contribution in [-0.2, 0) is 4.74 Å². The molecule has 0 aromatic heterocycles. The molecule has 1 aromatic carbocycles. The van der Waals surface area contributed by atoms with Crippen LogP contribution in [0.3, 0.4) is 0 Å². The summed E-state index contributed by atoms with van der Waals surface area (Å²) in [5.41, 5.74) is 1.39. The van der Waals surface area contributed by atoms with Crippen molar-refractivity contribution < 1.29 is 9.47 Å². The maximum absolute atomic E-state index is 5.62. The molecule has 2 N–H and O–H groups in total. The van der Waals surface area contributed by atoms with Gasteiger partial charge in [0.2, 0.25) is 0 Å². The van der Waals surface area contributed by atoms with Gasteiger partial charge in [0.25, 0.3) is 0 Å². The second-order valence-corrected chi connectivity index (χ2v) is 8.91. The molecule has 0 spiro atoms. The van der Waals surface area contributed by atoms with E-state index >= 15 is 0 Å². The minimum absolute atomic E-state index is 0.178. The predicted octanol–water partition coefficient (Wildman–Crippen LogP) is 2.50. The number of hydrogen-bond donors (Lipinski definition) is 2. The number of morpholine rings is 1. The van der Waals surface area contributed by atoms with Gasteiger partial charge >= 0.3 is 0 Å². The van der Waals surface area contributed by atoms with Crippen molar-refractivity contribution in [3.63, 3.8) is 0 Å². The zero-order valence-corrected chi connectivity index (χ0v) is 19.8. The lowest BCUT2D eigenvalue weighted by molar-refractivity contribution is -0.0352. The summed E-state index contributed by atoms with van der Waals surface area (Å²) in [6.07, 6.45) is 6.46. The first-order valence-corrected chi connectivity index (χ1v) is 11.7. The van der Waals surface area contributed by atoms with Crippen LogP contribution in [0.25, 0.3) is 0 Å². The summed E-state index contributed by atoms with van der Waals surface area (Å²) >= 11 is 0. The van der Waals surface area contributed by atoms with Gasteiger partial charge in [-0.1, -0.05) is 37.5 Å². The van der Waals surface area contributed by atoms with Crippen LogP contribution in [0.5, 0.6) is 5.75 Å². The second kappa shape index (κ2) is 11.7. The molecule has 1 saturated carbocycles. The Morgan fingerprint density at radius 1 is 1.16 bits per heavy atom. The van der Waals surface area contributed by atoms with Crippen molar-refractivity contribution >= 4 is 5.96 Å². The topological polar surface area (TPSA) is 61.4 Å². The Morgan fingerprint density at radius 3 is 2.52 bits per heavy atom. The number of para-hydroxylation sites is 1. The van der Waals surface area contributed by atoms with Gasteiger partial charge in [0.1, 0.15) is 5.75 Å². The van der Waals surface area contributed by atoms with E-state index in [1.807, 2.05) is 19.2 Å². The molecule has 1 saturated heterocycles. The first-order chi connectivity index (χ1) is 15.1. The van der Waals surface area contributed by atoms with Crippen molar-refractivity contribution in [2.24, 2.45) is 4.99 Å². The third-order valence-corrected chi connectivity index (χ3v) is 6.86. The highest BCUT2D eigenvalue weighted by Gasteiger charge is 2.38. The van der Waals surface area contributed by atoms with Crippen LogP contribution in [0.15, 0.2) is 29.3 Å². The molecular formula is C24H41N5O2. The molecular weight excluding hydrogens is 390 g/mol. The summed E-state index contributed by atoms with van der Waals surface area (Å²) in [6, 6.07) is 8.41. The molecule has 1 atom stereocenters. The third kappa shape index (κ3) is 6.11. The van der Waals surface area contributed by atoms with E-state index in [0.717, 1.165) is 51.1 Å². The molecule has 7 heteroatoms. The number of guanidine groups is 1. The van der Waals surface area contributed by atoms with Gasteiger partial charge in [0.05, 0.1) is 26.4 Å². The zero-order valence-electron chi connectivity index (χ0n) is 19.8. The van der Waals surface area contributed by atoms with Gasteiger partial charge in [0, 0.05) is 44.3 Å². The Bertz CT molecular complexity index is 697. The summed E-state index contributed by atoms with van der Waals surface area (Å²) in [6.45, 7) is 5.43. The molecule has 7 nitrogen and oxygen atoms in total. The van der Waals surface area contributed by atoms with E-state index in [2.05, 4.69) is 51.7 Å². The number of ether oxygens (including phenoxy) is 2. The highest BCUT2D eigenvalue weighted by Crippen LogP contribution is 2.34. The van der Waals surface area contributed by atoms with Crippen molar-refractivity contribution in [3.05, 3.63) is 29.8 Å². The Balaban J connectivity index is 1.63. The maximum Gasteiger partial charge on any atom is 0.191 e. The van der Waals surface area contributed by atoms with Crippen LogP contribution < -0.4 is 15.4 Å². The van der Waals surface area contributed by atoms with Gasteiger partial charge in [-0.15, -0.1) is 0 Å². The molecule has 2 fully saturated rings. The largest absolute Gasteiger partial charge is 0.496 e. The van der Waals surface area contributed by atoms with Crippen LogP contribution in [0, 0.1) is 0 Å². The van der Waals surface area contributed by atoms with Crippen LogP contribution in [0.2, 0.25) is 0 Å². The number of hydrogen-bond acceptors (Lipinski definition) is 5. The minimum Gasteiger partial charge on any atom is -0.496 e. The Morgan fingerprint density at radius 2 is 1.87 bits per heavy atom. The van der Waals surface area contributed by atoms with E-state index in [1.165, 1.54) is 37.7 Å². The molecule has 31 heavy (non-hydrogen) atoms. The first kappa shape index (κ1) is 23.8. The van der Waals surface area contributed by atoms with Gasteiger partial charge in [-0.2, -0.15) is 0 Å². The number of rotatable bonds is 8. The lowest BCUT2D eigenvalue weighted by Crippen LogP contribution is -2.60. The van der Waals surface area contributed by atoms with Gasteiger partial charge in [-0.25, -0.2) is 0 Å². The zero-order chi connectivity index (χ0) is 22.1. The highest BCUT2D eigenvalue weighted by molar-refractivity contribution is 5.79. The molecule has 1 heterocycles. The molecule has 1 aromatic rings. The fraction of sp³-hybridized carbons (Fsp3) is 0.708. The van der Waals surface area contributed by atoms with E-state index in [4.69, 9.17) is 9.47 Å². The summed E-state index contributed by atoms with van der Waals surface area (Å²) in [5.74, 6) is 1.78. The van der Waals surface area contributed by atoms with E-state index in [1.54, 1.807) is 7.11 Å². The normalized spacial score (nSPS) is 21.0. The molecule has 174 valence electrons. The SMILES string of the molecule is CN=C(NCC(c1ccccc1OC)N(C)C)NCC1(N2CCOCC2)CCCCC1. The van der Waals surface area contributed by atoms with E-state index in [9.17, 15) is 0 Å². The number of aliphatic imine (C=N–C) groups is 1. The Labute approximate surface area is 188 Å². The number of nitrogens with zero attached hydrogens (tertiary/aromatic N) is 3. The Hall–Kier alpha value is -1.83. The lowest BCUT2D eigenvalue weighted by Gasteiger charge is -2.48. The number of likely N-dealkylation sites (N-methyl/N-ethyl adjacent to an activating group) is 1. The van der Waals surface area contributed by atoms with Crippen molar-refractivity contribution in [3.8, 4) is 5.75 Å². The number of methoxy groups -OCH3 is 1. The third-order valence-electron chi connectivity index (χ3n) is 6.86. The van der Waals surface area contributed by atoms with Gasteiger partial charge in [-0.3, -0.25) is 9.89 Å². The second-order valence-electron chi connectivity index (χ2n) is 8.91. The van der Waals surface area contributed by atoms with E-state index < -0.39 is 0 Å². The quantitative estimate of drug-likeness (QED) is 0.487. The van der Waals surface area contributed by atoms with Gasteiger partial charge in [-0.05, 0) is 33.0 Å². The fourth-order valence-electron chi connectivity index (χ4n) is 5.03. The van der Waals surface area contributed by atoms with E-state index in [-0.39, 0.29) is 11.6 Å². The molecule has 0 amide bonds. The van der Waals surface area contributed by atoms with Crippen LogP contribution in [-0.4, -0.2) is 88.9 Å². The molecule has 1 aliphatic heterocycles. The van der Waals surface area contributed by atoms with Crippen molar-refractivity contribution in [1.82, 2.24) is 20.4 Å². The number of nitrogens with one attached hydrogen (secondary N) is 2. The molecule has 1 unspecified atom stereocenters. The summed E-state index contributed by atoms with van der Waals surface area (Å²) in [7, 11) is 7.79. The first-order valence-electron chi connectivity index (χ1n) is 11.7. The lowest BCUT2D eigenvalue weighted by atomic mass is 9.80. The summed E-state index contributed by atoms with van der Waals surface area (Å²) < 4.78 is 11.2. The molecule has 1 aliphatic carbocycles. The monoisotopic (exact) mass is 431 g/mol. The fourth-order valence-corrected chi connectivity index (χ4v) is 5.03. The van der Waals surface area contributed by atoms with Gasteiger partial charge < -0.3 is 25.0 Å². The summed E-state index contributed by atoms with van der Waals surface area (Å²) in [4.78, 5) is 9.39. The average Bonchev–Trinajstić information content (AvgIpc) is 2.82. The molecule has 3 rings (SSSR count). The van der Waals surface area contributed by atoms with Crippen molar-refractivity contribution in [2.75, 3.05) is 67.6 Å². The molecule has 0 radical (unpaired) electrons. The van der Waals surface area contributed by atoms with E-state index in [0.29, 0.717) is 0 Å². The van der Waals surface area contributed by atoms with Crippen LogP contribution in [0.1, 0.15) is 43.7 Å². The van der Waals surface area contributed by atoms with Gasteiger partial charge in [0.15, 0.2) is 5.96 Å². The molecule has 0 bridgehead atoms. The van der Waals surface area contributed by atoms with Crippen molar-refractivity contribution in [2.45, 2.75) is 43.7 Å². The smallest absolute Gasteiger partial charge is 0.191 e. The van der Waals surface area contributed by atoms with Crippen molar-refractivity contribution in [1.29, 1.82) is 0 Å². The number of benzene rings is 1. The predicted molar refractivity (Wildman–Crippen MR) is 127 cm³/mol. The Kier molecular flexibility index (Phi) is 8.99. The highest BCUT2D eigenvalue weighted by atomic mass is 16.5. The minimum atomic E-state index is 0.178. The molecule has 2 aliphatic rings.